The second kappa shape index (κ2) is 9.79. The zero-order chi connectivity index (χ0) is 25.2. The highest BCUT2D eigenvalue weighted by molar-refractivity contribution is 6.05. The monoisotopic (exact) mass is 483 g/mol. The number of rotatable bonds is 5. The molecule has 36 heavy (non-hydrogen) atoms. The van der Waals surface area contributed by atoms with E-state index in [0.29, 0.717) is 34.5 Å². The van der Waals surface area contributed by atoms with Crippen LogP contribution in [0.5, 0.6) is 0 Å². The van der Waals surface area contributed by atoms with E-state index in [4.69, 9.17) is 10.7 Å². The Morgan fingerprint density at radius 3 is 2.58 bits per heavy atom. The summed E-state index contributed by atoms with van der Waals surface area (Å²) in [5.41, 5.74) is 10.1. The Labute approximate surface area is 209 Å². The van der Waals surface area contributed by atoms with Crippen molar-refractivity contribution >= 4 is 17.4 Å². The molecular weight excluding hydrogens is 454 g/mol. The molecule has 9 nitrogen and oxygen atoms in total. The molecule has 1 unspecified atom stereocenters. The number of carbonyl (C=O) groups excluding carboxylic acids is 1. The molecule has 1 atom stereocenters. The third kappa shape index (κ3) is 4.40. The summed E-state index contributed by atoms with van der Waals surface area (Å²) in [6.45, 7) is 3.67. The number of hydrogen-bond acceptors (Lipinski definition) is 6. The molecule has 0 radical (unpaired) electrons. The van der Waals surface area contributed by atoms with Gasteiger partial charge >= 0.3 is 0 Å². The van der Waals surface area contributed by atoms with Gasteiger partial charge in [-0.1, -0.05) is 30.3 Å². The molecule has 1 fully saturated rings. The zero-order valence-electron chi connectivity index (χ0n) is 20.4. The number of nitrogen functional groups attached to an aromatic ring is 1. The third-order valence-electron chi connectivity index (χ3n) is 6.73. The largest absolute Gasteiger partial charge is 0.382 e. The Morgan fingerprint density at radius 2 is 1.89 bits per heavy atom. The molecule has 2 aromatic carbocycles. The molecule has 0 bridgehead atoms. The van der Waals surface area contributed by atoms with Crippen LogP contribution < -0.4 is 21.9 Å². The summed E-state index contributed by atoms with van der Waals surface area (Å²) in [5.74, 6) is 0.223. The lowest BCUT2D eigenvalue weighted by Crippen LogP contribution is -2.29. The normalized spacial score (nSPS) is 15.6. The van der Waals surface area contributed by atoms with Crippen molar-refractivity contribution in [3.05, 3.63) is 88.1 Å². The Bertz CT molecular complexity index is 1450. The van der Waals surface area contributed by atoms with Gasteiger partial charge in [-0.15, -0.1) is 0 Å². The van der Waals surface area contributed by atoms with Crippen molar-refractivity contribution in [1.82, 2.24) is 24.6 Å². The van der Waals surface area contributed by atoms with E-state index in [-0.39, 0.29) is 11.1 Å². The van der Waals surface area contributed by atoms with Gasteiger partial charge in [0.25, 0.3) is 11.5 Å². The summed E-state index contributed by atoms with van der Waals surface area (Å²) >= 11 is 0. The van der Waals surface area contributed by atoms with Gasteiger partial charge in [0.2, 0.25) is 0 Å². The molecule has 4 aromatic rings. The molecule has 184 valence electrons. The van der Waals surface area contributed by atoms with Gasteiger partial charge in [0.05, 0.1) is 23.3 Å². The first-order valence-electron chi connectivity index (χ1n) is 12.0. The average molecular weight is 484 g/mol. The fourth-order valence-corrected chi connectivity index (χ4v) is 4.66. The summed E-state index contributed by atoms with van der Waals surface area (Å²) in [5, 5.41) is 6.25. The minimum Gasteiger partial charge on any atom is -0.382 e. The first kappa shape index (κ1) is 23.5. The van der Waals surface area contributed by atoms with Crippen LogP contribution in [0.25, 0.3) is 16.9 Å². The lowest BCUT2D eigenvalue weighted by molar-refractivity contribution is 0.102. The fourth-order valence-electron chi connectivity index (χ4n) is 4.66. The maximum Gasteiger partial charge on any atom is 0.284 e. The molecule has 1 aliphatic rings. The molecular formula is C27H29N7O2. The smallest absolute Gasteiger partial charge is 0.284 e. The zero-order valence-corrected chi connectivity index (χ0v) is 20.4. The highest BCUT2D eigenvalue weighted by Gasteiger charge is 2.23. The second-order valence-corrected chi connectivity index (χ2v) is 9.04. The van der Waals surface area contributed by atoms with Crippen LogP contribution in [0.4, 0.5) is 11.5 Å². The number of piperidine rings is 1. The van der Waals surface area contributed by atoms with Gasteiger partial charge in [-0.3, -0.25) is 14.3 Å². The highest BCUT2D eigenvalue weighted by Crippen LogP contribution is 2.28. The molecule has 1 saturated heterocycles. The van der Waals surface area contributed by atoms with E-state index >= 15 is 0 Å². The first-order valence-corrected chi connectivity index (χ1v) is 12.0. The van der Waals surface area contributed by atoms with Gasteiger partial charge < -0.3 is 16.4 Å². The van der Waals surface area contributed by atoms with Crippen molar-refractivity contribution in [3.8, 4) is 16.9 Å². The predicted molar refractivity (Wildman–Crippen MR) is 140 cm³/mol. The van der Waals surface area contributed by atoms with Crippen molar-refractivity contribution in [1.29, 1.82) is 0 Å². The quantitative estimate of drug-likeness (QED) is 0.401. The van der Waals surface area contributed by atoms with Gasteiger partial charge in [-0.25, -0.2) is 14.6 Å². The van der Waals surface area contributed by atoms with Crippen LogP contribution in [0, 0.1) is 6.92 Å². The number of carbonyl (C=O) groups is 1. The number of nitrogens with two attached hydrogens (primary N) is 1. The standard InChI is InChI=1S/C27H29N7O2/c1-17-23(27(36)34(33(17)2)21-8-4-3-5-9-21)26(35)31-20-12-10-18(11-13-20)24-25(28)30-16-22(32-24)19-7-6-14-29-15-19/h3-5,8-13,16,19,29H,6-7,14-15H2,1-2H3,(H2,28,30)(H,31,35). The van der Waals surface area contributed by atoms with E-state index in [1.165, 1.54) is 4.68 Å². The van der Waals surface area contributed by atoms with Gasteiger partial charge in [0.1, 0.15) is 17.1 Å². The van der Waals surface area contributed by atoms with Crippen molar-refractivity contribution in [3.63, 3.8) is 0 Å². The minimum atomic E-state index is -0.457. The van der Waals surface area contributed by atoms with E-state index in [0.717, 1.165) is 37.2 Å². The fraction of sp³-hybridized carbons (Fsp3) is 0.259. The van der Waals surface area contributed by atoms with Crippen molar-refractivity contribution in [2.75, 3.05) is 24.1 Å². The molecule has 5 rings (SSSR count). The van der Waals surface area contributed by atoms with Crippen LogP contribution in [0.1, 0.15) is 40.5 Å². The topological polar surface area (TPSA) is 120 Å². The van der Waals surface area contributed by atoms with Crippen LogP contribution in [0.3, 0.4) is 0 Å². The molecule has 4 N–H and O–H groups in total. The number of aromatic nitrogens is 4. The number of benzene rings is 2. The van der Waals surface area contributed by atoms with E-state index in [9.17, 15) is 9.59 Å². The maximum absolute atomic E-state index is 13.1. The Hall–Kier alpha value is -4.24. The summed E-state index contributed by atoms with van der Waals surface area (Å²) < 4.78 is 3.18. The van der Waals surface area contributed by atoms with Gasteiger partial charge in [-0.2, -0.15) is 0 Å². The van der Waals surface area contributed by atoms with Gasteiger partial charge in [0.15, 0.2) is 0 Å². The molecule has 1 aliphatic heterocycles. The van der Waals surface area contributed by atoms with E-state index in [2.05, 4.69) is 15.6 Å². The van der Waals surface area contributed by atoms with Crippen molar-refractivity contribution in [2.45, 2.75) is 25.7 Å². The molecule has 0 spiro atoms. The molecule has 0 aliphatic carbocycles. The lowest BCUT2D eigenvalue weighted by Gasteiger charge is -2.22. The molecule has 0 saturated carbocycles. The van der Waals surface area contributed by atoms with E-state index < -0.39 is 5.91 Å². The summed E-state index contributed by atoms with van der Waals surface area (Å²) in [7, 11) is 1.76. The number of amides is 1. The van der Waals surface area contributed by atoms with E-state index in [1.807, 2.05) is 42.5 Å². The highest BCUT2D eigenvalue weighted by atomic mass is 16.2. The summed E-state index contributed by atoms with van der Waals surface area (Å²) in [6, 6.07) is 16.5. The average Bonchev–Trinajstić information content (AvgIpc) is 3.13. The lowest BCUT2D eigenvalue weighted by atomic mass is 9.96. The Morgan fingerprint density at radius 1 is 1.14 bits per heavy atom. The van der Waals surface area contributed by atoms with Crippen LogP contribution in [0.15, 0.2) is 65.6 Å². The molecule has 9 heteroatoms. The molecule has 3 heterocycles. The van der Waals surface area contributed by atoms with E-state index in [1.54, 1.807) is 37.0 Å². The number of nitrogens with zero attached hydrogens (tertiary/aromatic N) is 4. The van der Waals surface area contributed by atoms with Crippen molar-refractivity contribution < 1.29 is 4.79 Å². The maximum atomic E-state index is 13.1. The first-order chi connectivity index (χ1) is 17.4. The number of para-hydroxylation sites is 1. The Kier molecular flexibility index (Phi) is 6.39. The predicted octanol–water partition coefficient (Wildman–Crippen LogP) is 3.24. The van der Waals surface area contributed by atoms with Crippen LogP contribution in [-0.4, -0.2) is 38.3 Å². The van der Waals surface area contributed by atoms with Crippen LogP contribution in [-0.2, 0) is 7.05 Å². The molecule has 1 amide bonds. The summed E-state index contributed by atoms with van der Waals surface area (Å²) in [4.78, 5) is 35.4. The van der Waals surface area contributed by atoms with Crippen LogP contribution in [0.2, 0.25) is 0 Å². The molecule has 2 aromatic heterocycles. The van der Waals surface area contributed by atoms with Gasteiger partial charge in [0, 0.05) is 30.8 Å². The second-order valence-electron chi connectivity index (χ2n) is 9.04. The number of hydrogen-bond donors (Lipinski definition) is 3. The summed E-state index contributed by atoms with van der Waals surface area (Å²) in [6.07, 6.45) is 3.94. The number of anilines is 2. The Balaban J connectivity index is 1.38. The SMILES string of the molecule is Cc1c(C(=O)Nc2ccc(-c3nc(C4CCCNC4)cnc3N)cc2)c(=O)n(-c2ccccc2)n1C. The minimum absolute atomic E-state index is 0.106. The third-order valence-corrected chi connectivity index (χ3v) is 6.73. The number of nitrogens with one attached hydrogen (secondary N) is 2. The van der Waals surface area contributed by atoms with Crippen molar-refractivity contribution in [2.24, 2.45) is 7.05 Å². The van der Waals surface area contributed by atoms with Gasteiger partial charge in [-0.05, 0) is 50.6 Å². The van der Waals surface area contributed by atoms with Crippen LogP contribution >= 0.6 is 0 Å².